The Bertz CT molecular complexity index is 774. The number of nitrogens with one attached hydrogen (secondary N) is 1. The zero-order chi connectivity index (χ0) is 15.6. The van der Waals surface area contributed by atoms with Crippen LogP contribution in [0.15, 0.2) is 47.6 Å². The van der Waals surface area contributed by atoms with E-state index in [1.807, 2.05) is 31.2 Å². The van der Waals surface area contributed by atoms with Crippen LogP contribution in [0.2, 0.25) is 0 Å². The minimum atomic E-state index is -3.59. The second-order valence-electron chi connectivity index (χ2n) is 5.25. The molecule has 6 heteroatoms. The Balaban J connectivity index is 2.02. The Hall–Kier alpha value is -2.08. The third-order valence-electron chi connectivity index (χ3n) is 3.75. The molecule has 1 aromatic heterocycles. The molecule has 2 heterocycles. The van der Waals surface area contributed by atoms with Gasteiger partial charge in [0, 0.05) is 19.3 Å². The van der Waals surface area contributed by atoms with Gasteiger partial charge in [0.25, 0.3) is 10.0 Å². The van der Waals surface area contributed by atoms with Crippen molar-refractivity contribution in [1.29, 1.82) is 0 Å². The van der Waals surface area contributed by atoms with Gasteiger partial charge in [-0.3, -0.25) is 9.29 Å². The molecule has 0 unspecified atom stereocenters. The van der Waals surface area contributed by atoms with E-state index >= 15 is 0 Å². The maximum atomic E-state index is 13.0. The van der Waals surface area contributed by atoms with Gasteiger partial charge in [-0.05, 0) is 37.5 Å². The molecule has 116 valence electrons. The fraction of sp³-hybridized carbons (Fsp3) is 0.312. The molecule has 0 aliphatic carbocycles. The summed E-state index contributed by atoms with van der Waals surface area (Å²) in [6.07, 6.45) is 4.79. The van der Waals surface area contributed by atoms with Gasteiger partial charge in [-0.25, -0.2) is 8.42 Å². The molecule has 2 aromatic rings. The number of rotatable bonds is 4. The summed E-state index contributed by atoms with van der Waals surface area (Å²) < 4.78 is 27.4. The van der Waals surface area contributed by atoms with E-state index in [1.165, 1.54) is 10.5 Å². The Morgan fingerprint density at radius 3 is 2.91 bits per heavy atom. The molecule has 1 aliphatic rings. The molecule has 0 saturated heterocycles. The van der Waals surface area contributed by atoms with Crippen LogP contribution in [0.4, 0.5) is 11.4 Å². The monoisotopic (exact) mass is 317 g/mol. The van der Waals surface area contributed by atoms with Crippen molar-refractivity contribution < 1.29 is 8.42 Å². The summed E-state index contributed by atoms with van der Waals surface area (Å²) >= 11 is 0. The molecule has 0 radical (unpaired) electrons. The number of anilines is 2. The van der Waals surface area contributed by atoms with Crippen LogP contribution in [0.1, 0.15) is 18.9 Å². The first-order valence-corrected chi connectivity index (χ1v) is 8.86. The minimum Gasteiger partial charge on any atom is -0.384 e. The first kappa shape index (κ1) is 14.8. The molecule has 0 atom stereocenters. The maximum absolute atomic E-state index is 13.0. The highest BCUT2D eigenvalue weighted by molar-refractivity contribution is 7.92. The molecule has 1 aliphatic heterocycles. The van der Waals surface area contributed by atoms with Crippen LogP contribution < -0.4 is 9.62 Å². The van der Waals surface area contributed by atoms with Gasteiger partial charge < -0.3 is 5.32 Å². The van der Waals surface area contributed by atoms with Crippen LogP contribution in [-0.4, -0.2) is 26.5 Å². The quantitative estimate of drug-likeness (QED) is 0.941. The van der Waals surface area contributed by atoms with Gasteiger partial charge in [-0.1, -0.05) is 18.2 Å². The first-order chi connectivity index (χ1) is 10.6. The number of nitrogens with zero attached hydrogens (tertiary/aromatic N) is 2. The molecule has 3 rings (SSSR count). The zero-order valence-corrected chi connectivity index (χ0v) is 13.3. The average molecular weight is 317 g/mol. The van der Waals surface area contributed by atoms with Crippen LogP contribution in [0, 0.1) is 0 Å². The van der Waals surface area contributed by atoms with Crippen LogP contribution in [0.5, 0.6) is 0 Å². The normalized spacial score (nSPS) is 14.5. The number of pyridine rings is 1. The molecule has 0 fully saturated rings. The first-order valence-electron chi connectivity index (χ1n) is 7.42. The summed E-state index contributed by atoms with van der Waals surface area (Å²) in [5.74, 6) is 0. The number of fused-ring (bicyclic) bond motifs is 1. The highest BCUT2D eigenvalue weighted by Gasteiger charge is 2.29. The van der Waals surface area contributed by atoms with Gasteiger partial charge in [0.15, 0.2) is 0 Å². The van der Waals surface area contributed by atoms with Crippen molar-refractivity contribution in [3.8, 4) is 0 Å². The summed E-state index contributed by atoms with van der Waals surface area (Å²) in [4.78, 5) is 4.28. The summed E-state index contributed by atoms with van der Waals surface area (Å²) in [7, 11) is -3.59. The van der Waals surface area contributed by atoms with E-state index in [1.54, 1.807) is 12.3 Å². The minimum absolute atomic E-state index is 0.225. The maximum Gasteiger partial charge on any atom is 0.265 e. The molecular formula is C16H19N3O2S. The molecule has 0 amide bonds. The van der Waals surface area contributed by atoms with E-state index < -0.39 is 10.0 Å². The number of para-hydroxylation sites is 1. The summed E-state index contributed by atoms with van der Waals surface area (Å²) in [5.41, 5.74) is 2.57. The van der Waals surface area contributed by atoms with Crippen LogP contribution >= 0.6 is 0 Å². The Kier molecular flexibility index (Phi) is 4.02. The molecule has 0 spiro atoms. The molecule has 1 aromatic carbocycles. The molecule has 22 heavy (non-hydrogen) atoms. The number of sulfonamides is 1. The van der Waals surface area contributed by atoms with Gasteiger partial charge in [0.05, 0.1) is 17.6 Å². The highest BCUT2D eigenvalue weighted by atomic mass is 32.2. The predicted molar refractivity (Wildman–Crippen MR) is 87.7 cm³/mol. The van der Waals surface area contributed by atoms with Gasteiger partial charge in [-0.15, -0.1) is 0 Å². The number of benzene rings is 1. The summed E-state index contributed by atoms with van der Waals surface area (Å²) in [6.45, 7) is 3.19. The lowest BCUT2D eigenvalue weighted by atomic mass is 10.0. The standard InChI is InChI=1S/C16H19N3O2S/c1-2-18-14-10-15(12-17-11-14)22(20,21)19-9-5-7-13-6-3-4-8-16(13)19/h3-4,6,8,10-12,18H,2,5,7,9H2,1H3. The predicted octanol–water partition coefficient (Wildman–Crippen LogP) is 2.65. The number of hydrogen-bond acceptors (Lipinski definition) is 4. The Morgan fingerprint density at radius 2 is 2.09 bits per heavy atom. The molecule has 0 bridgehead atoms. The lowest BCUT2D eigenvalue weighted by molar-refractivity contribution is 0.586. The third-order valence-corrected chi connectivity index (χ3v) is 5.53. The van der Waals surface area contributed by atoms with Crippen molar-refractivity contribution in [1.82, 2.24) is 4.98 Å². The smallest absolute Gasteiger partial charge is 0.265 e. The number of aromatic nitrogens is 1. The van der Waals surface area contributed by atoms with Crippen LogP contribution in [0.3, 0.4) is 0 Å². The van der Waals surface area contributed by atoms with Crippen molar-refractivity contribution in [3.05, 3.63) is 48.3 Å². The number of aryl methyl sites for hydroxylation is 1. The van der Waals surface area contributed by atoms with Gasteiger partial charge in [0.1, 0.15) is 4.90 Å². The molecule has 1 N–H and O–H groups in total. The van der Waals surface area contributed by atoms with Gasteiger partial charge >= 0.3 is 0 Å². The van der Waals surface area contributed by atoms with Gasteiger partial charge in [-0.2, -0.15) is 0 Å². The molecule has 0 saturated carbocycles. The lowest BCUT2D eigenvalue weighted by Crippen LogP contribution is -2.35. The molecule has 5 nitrogen and oxygen atoms in total. The topological polar surface area (TPSA) is 62.3 Å². The van der Waals surface area contributed by atoms with E-state index in [0.717, 1.165) is 30.6 Å². The highest BCUT2D eigenvalue weighted by Crippen LogP contribution is 2.31. The van der Waals surface area contributed by atoms with Crippen LogP contribution in [0.25, 0.3) is 0 Å². The fourth-order valence-electron chi connectivity index (χ4n) is 2.74. The zero-order valence-electron chi connectivity index (χ0n) is 12.5. The van der Waals surface area contributed by atoms with E-state index in [9.17, 15) is 8.42 Å². The van der Waals surface area contributed by atoms with E-state index in [0.29, 0.717) is 12.2 Å². The fourth-order valence-corrected chi connectivity index (χ4v) is 4.27. The lowest BCUT2D eigenvalue weighted by Gasteiger charge is -2.30. The van der Waals surface area contributed by atoms with E-state index in [-0.39, 0.29) is 4.90 Å². The van der Waals surface area contributed by atoms with Crippen molar-refractivity contribution in [3.63, 3.8) is 0 Å². The summed E-state index contributed by atoms with van der Waals surface area (Å²) in [6, 6.07) is 9.32. The SMILES string of the molecule is CCNc1cncc(S(=O)(=O)N2CCCc3ccccc32)c1. The van der Waals surface area contributed by atoms with Crippen LogP contribution in [-0.2, 0) is 16.4 Å². The van der Waals surface area contributed by atoms with E-state index in [2.05, 4.69) is 10.3 Å². The van der Waals surface area contributed by atoms with Gasteiger partial charge in [0.2, 0.25) is 0 Å². The average Bonchev–Trinajstić information content (AvgIpc) is 2.55. The largest absolute Gasteiger partial charge is 0.384 e. The summed E-state index contributed by atoms with van der Waals surface area (Å²) in [5, 5.41) is 3.10. The van der Waals surface area contributed by atoms with Crippen molar-refractivity contribution in [2.75, 3.05) is 22.7 Å². The second-order valence-corrected chi connectivity index (χ2v) is 7.11. The molecular weight excluding hydrogens is 298 g/mol. The third kappa shape index (κ3) is 2.66. The Labute approximate surface area is 131 Å². The Morgan fingerprint density at radius 1 is 1.27 bits per heavy atom. The van der Waals surface area contributed by atoms with Crippen molar-refractivity contribution >= 4 is 21.4 Å². The van der Waals surface area contributed by atoms with Crippen molar-refractivity contribution in [2.24, 2.45) is 0 Å². The second kappa shape index (κ2) is 5.96. The number of hydrogen-bond donors (Lipinski definition) is 1. The van der Waals surface area contributed by atoms with Crippen molar-refractivity contribution in [2.45, 2.75) is 24.7 Å². The van der Waals surface area contributed by atoms with E-state index in [4.69, 9.17) is 0 Å².